The summed E-state index contributed by atoms with van der Waals surface area (Å²) in [5.41, 5.74) is 4.81. The summed E-state index contributed by atoms with van der Waals surface area (Å²) >= 11 is 1.68. The maximum atomic E-state index is 12.9. The maximum absolute atomic E-state index is 12.9. The first-order valence-electron chi connectivity index (χ1n) is 10.9. The number of piperazine rings is 1. The van der Waals surface area contributed by atoms with Gasteiger partial charge in [-0.1, -0.05) is 12.1 Å². The molecule has 1 atom stereocenters. The van der Waals surface area contributed by atoms with E-state index >= 15 is 0 Å². The van der Waals surface area contributed by atoms with Gasteiger partial charge in [0.25, 0.3) is 0 Å². The number of hydrogen-bond donors (Lipinski definition) is 1. The van der Waals surface area contributed by atoms with E-state index in [1.165, 1.54) is 22.4 Å². The molecule has 160 valence electrons. The van der Waals surface area contributed by atoms with E-state index in [9.17, 15) is 9.59 Å². The van der Waals surface area contributed by atoms with Gasteiger partial charge >= 0.3 is 0 Å². The van der Waals surface area contributed by atoms with Crippen molar-refractivity contribution in [3.8, 4) is 0 Å². The van der Waals surface area contributed by atoms with Crippen LogP contribution in [0.2, 0.25) is 0 Å². The molecule has 0 aliphatic carbocycles. The number of carbonyl (C=O) groups excluding carboxylic acids is 2. The molecule has 2 aliphatic heterocycles. The smallest absolute Gasteiger partial charge is 0.222 e. The van der Waals surface area contributed by atoms with E-state index < -0.39 is 0 Å². The van der Waals surface area contributed by atoms with Crippen LogP contribution in [0.5, 0.6) is 0 Å². The molecule has 5 nitrogen and oxygen atoms in total. The zero-order valence-electron chi connectivity index (χ0n) is 17.9. The summed E-state index contributed by atoms with van der Waals surface area (Å²) in [6.45, 7) is 7.53. The van der Waals surface area contributed by atoms with Crippen molar-refractivity contribution >= 4 is 28.8 Å². The number of amides is 2. The Bertz CT molecular complexity index is 903. The molecule has 0 spiro atoms. The number of benzene rings is 1. The Kier molecular flexibility index (Phi) is 6.14. The molecule has 6 heteroatoms. The Morgan fingerprint density at radius 3 is 2.63 bits per heavy atom. The van der Waals surface area contributed by atoms with Gasteiger partial charge < -0.3 is 15.1 Å². The molecule has 2 amide bonds. The SMILES string of the molecule is Cc1ccc(C)c(N2CCN(C(=O)CCC3(Cc4ccsc4)CCC(=O)N3)CC2)c1. The molecule has 2 aliphatic rings. The maximum Gasteiger partial charge on any atom is 0.222 e. The monoisotopic (exact) mass is 425 g/mol. The first-order chi connectivity index (χ1) is 14.4. The third-order valence-electron chi connectivity index (χ3n) is 6.51. The molecule has 0 bridgehead atoms. The number of anilines is 1. The van der Waals surface area contributed by atoms with Gasteiger partial charge in [0.05, 0.1) is 0 Å². The molecule has 1 N–H and O–H groups in total. The van der Waals surface area contributed by atoms with Crippen molar-refractivity contribution in [3.05, 3.63) is 51.7 Å². The van der Waals surface area contributed by atoms with E-state index in [1.54, 1.807) is 11.3 Å². The third-order valence-corrected chi connectivity index (χ3v) is 7.24. The Labute approximate surface area is 183 Å². The topological polar surface area (TPSA) is 52.7 Å². The number of nitrogens with one attached hydrogen (secondary N) is 1. The standard InChI is InChI=1S/C24H31N3O2S/c1-18-3-4-19(2)21(15-18)26-10-12-27(13-11-26)23(29)6-9-24(8-5-22(28)25-24)16-20-7-14-30-17-20/h3-4,7,14-15,17H,5-6,8-13,16H2,1-2H3,(H,25,28). The molecule has 30 heavy (non-hydrogen) atoms. The van der Waals surface area contributed by atoms with E-state index in [1.807, 2.05) is 4.90 Å². The average Bonchev–Trinajstić information content (AvgIpc) is 3.38. The Morgan fingerprint density at radius 2 is 1.97 bits per heavy atom. The van der Waals surface area contributed by atoms with Gasteiger partial charge in [0.1, 0.15) is 0 Å². The Hall–Kier alpha value is -2.34. The van der Waals surface area contributed by atoms with Gasteiger partial charge in [-0.2, -0.15) is 11.3 Å². The van der Waals surface area contributed by atoms with Crippen molar-refractivity contribution in [1.29, 1.82) is 0 Å². The van der Waals surface area contributed by atoms with Crippen molar-refractivity contribution in [1.82, 2.24) is 10.2 Å². The fraction of sp³-hybridized carbons (Fsp3) is 0.500. The lowest BCUT2D eigenvalue weighted by Crippen LogP contribution is -2.50. The van der Waals surface area contributed by atoms with Crippen molar-refractivity contribution < 1.29 is 9.59 Å². The van der Waals surface area contributed by atoms with Gasteiger partial charge in [-0.3, -0.25) is 9.59 Å². The summed E-state index contributed by atoms with van der Waals surface area (Å²) < 4.78 is 0. The molecule has 1 aromatic carbocycles. The highest BCUT2D eigenvalue weighted by atomic mass is 32.1. The minimum Gasteiger partial charge on any atom is -0.368 e. The Balaban J connectivity index is 1.33. The van der Waals surface area contributed by atoms with Crippen LogP contribution in [0.25, 0.3) is 0 Å². The average molecular weight is 426 g/mol. The number of rotatable bonds is 6. The van der Waals surface area contributed by atoms with Crippen LogP contribution in [-0.4, -0.2) is 48.4 Å². The van der Waals surface area contributed by atoms with Gasteiger partial charge in [0, 0.05) is 50.2 Å². The van der Waals surface area contributed by atoms with E-state index in [4.69, 9.17) is 0 Å². The van der Waals surface area contributed by atoms with Gasteiger partial charge in [-0.15, -0.1) is 0 Å². The molecule has 3 heterocycles. The highest BCUT2D eigenvalue weighted by molar-refractivity contribution is 7.07. The van der Waals surface area contributed by atoms with Crippen LogP contribution < -0.4 is 10.2 Å². The highest BCUT2D eigenvalue weighted by Crippen LogP contribution is 2.31. The van der Waals surface area contributed by atoms with Gasteiger partial charge in [0.2, 0.25) is 11.8 Å². The van der Waals surface area contributed by atoms with Crippen LogP contribution >= 0.6 is 11.3 Å². The summed E-state index contributed by atoms with van der Waals surface area (Å²) in [4.78, 5) is 29.3. The van der Waals surface area contributed by atoms with Crippen molar-refractivity contribution in [3.63, 3.8) is 0 Å². The van der Waals surface area contributed by atoms with Gasteiger partial charge in [-0.25, -0.2) is 0 Å². The summed E-state index contributed by atoms with van der Waals surface area (Å²) in [6.07, 6.45) is 3.40. The second kappa shape index (κ2) is 8.80. The van der Waals surface area contributed by atoms with Crippen LogP contribution in [0.15, 0.2) is 35.0 Å². The minimum atomic E-state index is -0.270. The summed E-state index contributed by atoms with van der Waals surface area (Å²) in [7, 11) is 0. The fourth-order valence-electron chi connectivity index (χ4n) is 4.73. The number of carbonyl (C=O) groups is 2. The van der Waals surface area contributed by atoms with Crippen LogP contribution in [0.3, 0.4) is 0 Å². The molecule has 2 aromatic rings. The highest BCUT2D eigenvalue weighted by Gasteiger charge is 2.38. The Morgan fingerprint density at radius 1 is 1.17 bits per heavy atom. The molecule has 0 radical (unpaired) electrons. The quantitative estimate of drug-likeness (QED) is 0.768. The van der Waals surface area contributed by atoms with E-state index in [0.717, 1.165) is 39.0 Å². The predicted molar refractivity (Wildman–Crippen MR) is 122 cm³/mol. The fourth-order valence-corrected chi connectivity index (χ4v) is 5.40. The van der Waals surface area contributed by atoms with Crippen molar-refractivity contribution in [2.24, 2.45) is 0 Å². The number of thiophene rings is 1. The van der Waals surface area contributed by atoms with Gasteiger partial charge in [-0.05, 0) is 72.7 Å². The lowest BCUT2D eigenvalue weighted by atomic mass is 9.85. The summed E-state index contributed by atoms with van der Waals surface area (Å²) in [5, 5.41) is 7.40. The lowest BCUT2D eigenvalue weighted by molar-refractivity contribution is -0.132. The largest absolute Gasteiger partial charge is 0.368 e. The second-order valence-corrected chi connectivity index (χ2v) is 9.57. The van der Waals surface area contributed by atoms with Crippen molar-refractivity contribution in [2.75, 3.05) is 31.1 Å². The van der Waals surface area contributed by atoms with Crippen LogP contribution in [0.4, 0.5) is 5.69 Å². The lowest BCUT2D eigenvalue weighted by Gasteiger charge is -2.37. The molecular formula is C24H31N3O2S. The molecule has 2 fully saturated rings. The van der Waals surface area contributed by atoms with Gasteiger partial charge in [0.15, 0.2) is 0 Å². The zero-order chi connectivity index (χ0) is 21.1. The summed E-state index contributed by atoms with van der Waals surface area (Å²) in [6, 6.07) is 8.67. The van der Waals surface area contributed by atoms with E-state index in [-0.39, 0.29) is 17.4 Å². The van der Waals surface area contributed by atoms with Crippen LogP contribution in [0, 0.1) is 13.8 Å². The number of aryl methyl sites for hydroxylation is 2. The molecule has 4 rings (SSSR count). The second-order valence-electron chi connectivity index (χ2n) is 8.79. The first-order valence-corrected chi connectivity index (χ1v) is 11.8. The van der Waals surface area contributed by atoms with Crippen molar-refractivity contribution in [2.45, 2.75) is 51.5 Å². The molecular weight excluding hydrogens is 394 g/mol. The minimum absolute atomic E-state index is 0.111. The molecule has 1 aromatic heterocycles. The van der Waals surface area contributed by atoms with Crippen LogP contribution in [0.1, 0.15) is 42.4 Å². The first kappa shape index (κ1) is 20.9. The van der Waals surface area contributed by atoms with E-state index in [2.05, 4.69) is 59.1 Å². The molecule has 1 unspecified atom stereocenters. The number of hydrogen-bond acceptors (Lipinski definition) is 4. The van der Waals surface area contributed by atoms with E-state index in [0.29, 0.717) is 19.3 Å². The summed E-state index contributed by atoms with van der Waals surface area (Å²) in [5.74, 6) is 0.321. The zero-order valence-corrected chi connectivity index (χ0v) is 18.8. The normalized spacial score (nSPS) is 21.7. The predicted octanol–water partition coefficient (Wildman–Crippen LogP) is 3.69. The third kappa shape index (κ3) is 4.69. The molecule has 2 saturated heterocycles. The number of nitrogens with zero attached hydrogens (tertiary/aromatic N) is 2. The molecule has 0 saturated carbocycles. The van der Waals surface area contributed by atoms with Crippen LogP contribution in [-0.2, 0) is 16.0 Å².